The standard InChI is InChI=1S/C22H29F3O5S/c1-12(26)29-13-6-9-20(3)16-7-8-19(2)15(14(16)10-17-21(20,11-13)30-17)4-5-18(19)31(27,28)22(23,24)25/h5,13-17H,4,6-11H2,1-3H3/t13-,14-,15-,16-,17-,19-,20+,21-/m0/s1. The van der Waals surface area contributed by atoms with Crippen molar-refractivity contribution in [2.45, 2.75) is 89.0 Å². The number of alkyl halides is 3. The van der Waals surface area contributed by atoms with E-state index in [0.29, 0.717) is 25.7 Å². The van der Waals surface area contributed by atoms with E-state index in [1.807, 2.05) is 0 Å². The third-order valence-electron chi connectivity index (χ3n) is 9.48. The predicted molar refractivity (Wildman–Crippen MR) is 105 cm³/mol. The van der Waals surface area contributed by atoms with E-state index < -0.39 is 25.7 Å². The van der Waals surface area contributed by atoms with E-state index in [0.717, 1.165) is 19.3 Å². The lowest BCUT2D eigenvalue weighted by molar-refractivity contribution is -0.156. The van der Waals surface area contributed by atoms with Crippen molar-refractivity contribution in [3.05, 3.63) is 11.0 Å². The van der Waals surface area contributed by atoms with Crippen LogP contribution in [0.25, 0.3) is 0 Å². The van der Waals surface area contributed by atoms with E-state index in [4.69, 9.17) is 9.47 Å². The van der Waals surface area contributed by atoms with Crippen LogP contribution in [0.5, 0.6) is 0 Å². The summed E-state index contributed by atoms with van der Waals surface area (Å²) in [5, 5.41) is 0. The Labute approximate surface area is 180 Å². The van der Waals surface area contributed by atoms with E-state index in [9.17, 15) is 26.4 Å². The first-order chi connectivity index (χ1) is 14.3. The van der Waals surface area contributed by atoms with Gasteiger partial charge in [0, 0.05) is 24.2 Å². The van der Waals surface area contributed by atoms with Gasteiger partial charge in [-0.1, -0.05) is 19.9 Å². The maximum Gasteiger partial charge on any atom is 0.501 e. The Morgan fingerprint density at radius 1 is 1.19 bits per heavy atom. The molecule has 5 rings (SSSR count). The first kappa shape index (κ1) is 21.7. The van der Waals surface area contributed by atoms with Gasteiger partial charge in [0.15, 0.2) is 0 Å². The molecule has 8 atom stereocenters. The Bertz CT molecular complexity index is 959. The number of carbonyl (C=O) groups excluding carboxylic acids is 1. The zero-order valence-corrected chi connectivity index (χ0v) is 18.8. The highest BCUT2D eigenvalue weighted by Crippen LogP contribution is 2.74. The number of allylic oxidation sites excluding steroid dienone is 2. The van der Waals surface area contributed by atoms with Crippen LogP contribution < -0.4 is 0 Å². The summed E-state index contributed by atoms with van der Waals surface area (Å²) in [5.74, 6) is -0.0147. The predicted octanol–water partition coefficient (Wildman–Crippen LogP) is 4.52. The Kier molecular flexibility index (Phi) is 4.40. The van der Waals surface area contributed by atoms with Gasteiger partial charge in [-0.15, -0.1) is 0 Å². The maximum atomic E-state index is 13.3. The van der Waals surface area contributed by atoms with Crippen LogP contribution in [0.4, 0.5) is 13.2 Å². The summed E-state index contributed by atoms with van der Waals surface area (Å²) in [6.07, 6.45) is 5.68. The fourth-order valence-electron chi connectivity index (χ4n) is 8.04. The lowest BCUT2D eigenvalue weighted by Crippen LogP contribution is -2.58. The van der Waals surface area contributed by atoms with Crippen molar-refractivity contribution in [2.24, 2.45) is 28.6 Å². The van der Waals surface area contributed by atoms with Crippen LogP contribution >= 0.6 is 0 Å². The molecule has 0 aromatic carbocycles. The van der Waals surface area contributed by atoms with Gasteiger partial charge in [0.05, 0.1) is 11.0 Å². The molecule has 0 amide bonds. The molecule has 4 fully saturated rings. The lowest BCUT2D eigenvalue weighted by Gasteiger charge is -2.59. The molecule has 0 bridgehead atoms. The molecule has 0 N–H and O–H groups in total. The molecule has 0 radical (unpaired) electrons. The molecular weight excluding hydrogens is 433 g/mol. The van der Waals surface area contributed by atoms with Crippen molar-refractivity contribution >= 4 is 15.8 Å². The van der Waals surface area contributed by atoms with Gasteiger partial charge in [0.1, 0.15) is 11.7 Å². The fraction of sp³-hybridized carbons (Fsp3) is 0.864. The molecule has 3 saturated carbocycles. The first-order valence-electron chi connectivity index (χ1n) is 11.1. The van der Waals surface area contributed by atoms with Crippen molar-refractivity contribution in [3.63, 3.8) is 0 Å². The van der Waals surface area contributed by atoms with Gasteiger partial charge in [-0.25, -0.2) is 8.42 Å². The zero-order valence-electron chi connectivity index (χ0n) is 18.0. The quantitative estimate of drug-likeness (QED) is 0.446. The zero-order chi connectivity index (χ0) is 22.6. The number of epoxide rings is 1. The SMILES string of the molecule is CC(=O)O[C@H]1CC[C@]2(C)[C@H]3CC[C@]4(C)C(S(=O)(=O)C(F)(F)F)=CC[C@H]4[C@@H]3C[C@@H]3O[C@@]32C1. The Balaban J connectivity index is 1.43. The highest BCUT2D eigenvalue weighted by molar-refractivity contribution is 7.96. The Hall–Kier alpha value is -1.09. The lowest BCUT2D eigenvalue weighted by atomic mass is 9.45. The summed E-state index contributed by atoms with van der Waals surface area (Å²) in [6, 6.07) is 0. The summed E-state index contributed by atoms with van der Waals surface area (Å²) >= 11 is 0. The molecule has 0 aromatic heterocycles. The van der Waals surface area contributed by atoms with Crippen molar-refractivity contribution < 1.29 is 35.9 Å². The summed E-state index contributed by atoms with van der Waals surface area (Å²) in [7, 11) is -5.32. The second-order valence-corrected chi connectivity index (χ2v) is 12.6. The molecule has 9 heteroatoms. The highest BCUT2D eigenvalue weighted by Gasteiger charge is 2.76. The summed E-state index contributed by atoms with van der Waals surface area (Å²) in [6.45, 7) is 5.35. The molecule has 174 valence electrons. The van der Waals surface area contributed by atoms with E-state index in [1.54, 1.807) is 6.92 Å². The average molecular weight is 463 g/mol. The molecule has 0 unspecified atom stereocenters. The maximum absolute atomic E-state index is 13.3. The second kappa shape index (κ2) is 6.27. The minimum atomic E-state index is -5.32. The van der Waals surface area contributed by atoms with Gasteiger partial charge < -0.3 is 9.47 Å². The molecule has 1 heterocycles. The Morgan fingerprint density at radius 2 is 1.90 bits per heavy atom. The smallest absolute Gasteiger partial charge is 0.462 e. The van der Waals surface area contributed by atoms with Crippen LogP contribution in [0.15, 0.2) is 11.0 Å². The van der Waals surface area contributed by atoms with Crippen molar-refractivity contribution in [1.82, 2.24) is 0 Å². The summed E-state index contributed by atoms with van der Waals surface area (Å²) in [5.41, 5.74) is -6.71. The molecule has 1 aliphatic heterocycles. The Morgan fingerprint density at radius 3 is 2.55 bits per heavy atom. The van der Waals surface area contributed by atoms with Gasteiger partial charge in [0.25, 0.3) is 9.84 Å². The number of fused-ring (bicyclic) bond motifs is 4. The molecule has 31 heavy (non-hydrogen) atoms. The van der Waals surface area contributed by atoms with Gasteiger partial charge in [0.2, 0.25) is 0 Å². The molecule has 5 aliphatic rings. The highest BCUT2D eigenvalue weighted by atomic mass is 32.2. The number of esters is 1. The topological polar surface area (TPSA) is 73.0 Å². The average Bonchev–Trinajstić information content (AvgIpc) is 3.21. The molecule has 1 spiro atoms. The molecule has 1 saturated heterocycles. The van der Waals surface area contributed by atoms with Crippen molar-refractivity contribution in [1.29, 1.82) is 0 Å². The molecular formula is C22H29F3O5S. The monoisotopic (exact) mass is 462 g/mol. The summed E-state index contributed by atoms with van der Waals surface area (Å²) in [4.78, 5) is 11.0. The van der Waals surface area contributed by atoms with Crippen molar-refractivity contribution in [2.75, 3.05) is 0 Å². The van der Waals surface area contributed by atoms with Crippen LogP contribution in [-0.4, -0.2) is 37.7 Å². The normalized spacial score (nSPS) is 48.6. The van der Waals surface area contributed by atoms with Gasteiger partial charge in [-0.05, 0) is 56.3 Å². The molecule has 0 aromatic rings. The largest absolute Gasteiger partial charge is 0.501 e. The first-order valence-corrected chi connectivity index (χ1v) is 12.6. The van der Waals surface area contributed by atoms with Crippen molar-refractivity contribution in [3.8, 4) is 0 Å². The molecule has 5 nitrogen and oxygen atoms in total. The van der Waals surface area contributed by atoms with E-state index in [1.165, 1.54) is 13.0 Å². The third-order valence-corrected chi connectivity index (χ3v) is 11.3. The minimum Gasteiger partial charge on any atom is -0.462 e. The van der Waals surface area contributed by atoms with Gasteiger partial charge in [-0.3, -0.25) is 4.79 Å². The number of sulfone groups is 1. The van der Waals surface area contributed by atoms with Crippen LogP contribution in [0.1, 0.15) is 65.7 Å². The van der Waals surface area contributed by atoms with Crippen LogP contribution in [0, 0.1) is 28.6 Å². The second-order valence-electron chi connectivity index (χ2n) is 10.7. The number of rotatable bonds is 2. The fourth-order valence-corrected chi connectivity index (χ4v) is 9.48. The van der Waals surface area contributed by atoms with Gasteiger partial charge >= 0.3 is 11.5 Å². The van der Waals surface area contributed by atoms with Gasteiger partial charge in [-0.2, -0.15) is 13.2 Å². The van der Waals surface area contributed by atoms with E-state index in [-0.39, 0.29) is 46.9 Å². The van der Waals surface area contributed by atoms with E-state index >= 15 is 0 Å². The number of hydrogen-bond acceptors (Lipinski definition) is 5. The minimum absolute atomic E-state index is 0.00253. The van der Waals surface area contributed by atoms with Crippen LogP contribution in [-0.2, 0) is 24.1 Å². The van der Waals surface area contributed by atoms with Crippen LogP contribution in [0.3, 0.4) is 0 Å². The number of carbonyl (C=O) groups is 1. The van der Waals surface area contributed by atoms with E-state index in [2.05, 4.69) is 6.92 Å². The number of hydrogen-bond donors (Lipinski definition) is 0. The summed E-state index contributed by atoms with van der Waals surface area (Å²) < 4.78 is 76.4. The number of halogens is 3. The van der Waals surface area contributed by atoms with Crippen LogP contribution in [0.2, 0.25) is 0 Å². The third kappa shape index (κ3) is 2.71. The number of ether oxygens (including phenoxy) is 2. The molecule has 4 aliphatic carbocycles.